The molecule has 1 aliphatic heterocycles. The molecule has 0 bridgehead atoms. The maximum absolute atomic E-state index is 5.09. The van der Waals surface area contributed by atoms with Crippen molar-refractivity contribution < 1.29 is 4.74 Å². The summed E-state index contributed by atoms with van der Waals surface area (Å²) in [5, 5.41) is 0. The van der Waals surface area contributed by atoms with Crippen LogP contribution in [0.4, 0.5) is 0 Å². The molecule has 0 saturated carbocycles. The van der Waals surface area contributed by atoms with Gasteiger partial charge < -0.3 is 4.74 Å². The van der Waals surface area contributed by atoms with E-state index in [0.717, 1.165) is 13.2 Å². The average Bonchev–Trinajstić information content (AvgIpc) is 2.10. The maximum Gasteiger partial charge on any atom is 0.0589 e. The Labute approximate surface area is 81.7 Å². The fraction of sp³-hybridized carbons (Fsp3) is 1.00. The molecular formula is C10H22N2O. The first-order chi connectivity index (χ1) is 6.15. The summed E-state index contributed by atoms with van der Waals surface area (Å²) in [5.41, 5.74) is 0. The minimum atomic E-state index is 0.667. The zero-order valence-electron chi connectivity index (χ0n) is 9.29. The van der Waals surface area contributed by atoms with Crippen LogP contribution in [0.3, 0.4) is 0 Å². The summed E-state index contributed by atoms with van der Waals surface area (Å²) in [6, 6.07) is 1.33. The smallest absolute Gasteiger partial charge is 0.0589 e. The van der Waals surface area contributed by atoms with Crippen LogP contribution in [0.25, 0.3) is 0 Å². The predicted octanol–water partition coefficient (Wildman–Crippen LogP) is 0.657. The number of likely N-dealkylation sites (N-methyl/N-ethyl adjacent to an activating group) is 1. The average molecular weight is 186 g/mol. The van der Waals surface area contributed by atoms with Gasteiger partial charge in [0.05, 0.1) is 6.61 Å². The first-order valence-electron chi connectivity index (χ1n) is 5.08. The fourth-order valence-corrected chi connectivity index (χ4v) is 1.92. The van der Waals surface area contributed by atoms with Crippen molar-refractivity contribution in [2.24, 2.45) is 0 Å². The van der Waals surface area contributed by atoms with Crippen LogP contribution in [-0.2, 0) is 4.74 Å². The van der Waals surface area contributed by atoms with Crippen molar-refractivity contribution in [3.8, 4) is 0 Å². The Balaban J connectivity index is 2.35. The van der Waals surface area contributed by atoms with Gasteiger partial charge in [-0.15, -0.1) is 0 Å². The monoisotopic (exact) mass is 186 g/mol. The van der Waals surface area contributed by atoms with Gasteiger partial charge in [-0.05, 0) is 20.9 Å². The van der Waals surface area contributed by atoms with Gasteiger partial charge in [-0.2, -0.15) is 0 Å². The molecule has 1 fully saturated rings. The molecule has 1 rings (SSSR count). The molecule has 0 aromatic heterocycles. The topological polar surface area (TPSA) is 15.7 Å². The van der Waals surface area contributed by atoms with Gasteiger partial charge in [0, 0.05) is 38.8 Å². The van der Waals surface area contributed by atoms with Gasteiger partial charge in [0.15, 0.2) is 0 Å². The maximum atomic E-state index is 5.09. The molecule has 3 nitrogen and oxygen atoms in total. The Kier molecular flexibility index (Phi) is 4.16. The van der Waals surface area contributed by atoms with E-state index in [1.54, 1.807) is 7.11 Å². The summed E-state index contributed by atoms with van der Waals surface area (Å²) in [7, 11) is 3.98. The molecule has 1 heterocycles. The van der Waals surface area contributed by atoms with E-state index in [4.69, 9.17) is 4.74 Å². The van der Waals surface area contributed by atoms with E-state index in [1.807, 2.05) is 0 Å². The van der Waals surface area contributed by atoms with Gasteiger partial charge in [-0.25, -0.2) is 0 Å². The van der Waals surface area contributed by atoms with E-state index in [-0.39, 0.29) is 0 Å². The van der Waals surface area contributed by atoms with Crippen LogP contribution >= 0.6 is 0 Å². The molecule has 0 amide bonds. The minimum Gasteiger partial charge on any atom is -0.383 e. The van der Waals surface area contributed by atoms with E-state index >= 15 is 0 Å². The Morgan fingerprint density at radius 2 is 1.77 bits per heavy atom. The van der Waals surface area contributed by atoms with E-state index in [9.17, 15) is 0 Å². The highest BCUT2D eigenvalue weighted by molar-refractivity contribution is 4.82. The number of nitrogens with zero attached hydrogens (tertiary/aromatic N) is 2. The molecule has 0 N–H and O–H groups in total. The Bertz CT molecular complexity index is 140. The number of hydrogen-bond acceptors (Lipinski definition) is 3. The highest BCUT2D eigenvalue weighted by Crippen LogP contribution is 2.12. The van der Waals surface area contributed by atoms with Crippen LogP contribution in [0.2, 0.25) is 0 Å². The van der Waals surface area contributed by atoms with E-state index in [0.29, 0.717) is 12.1 Å². The van der Waals surface area contributed by atoms with Crippen LogP contribution in [-0.4, -0.2) is 62.3 Å². The van der Waals surface area contributed by atoms with Gasteiger partial charge in [0.1, 0.15) is 0 Å². The molecular weight excluding hydrogens is 164 g/mol. The summed E-state index contributed by atoms with van der Waals surface area (Å²) in [5.74, 6) is 0. The lowest BCUT2D eigenvalue weighted by Gasteiger charge is -2.42. The third-order valence-electron chi connectivity index (χ3n) is 3.05. The predicted molar refractivity (Wildman–Crippen MR) is 55.0 cm³/mol. The van der Waals surface area contributed by atoms with Crippen molar-refractivity contribution in [1.29, 1.82) is 0 Å². The molecule has 0 aromatic rings. The van der Waals surface area contributed by atoms with E-state index < -0.39 is 0 Å². The molecule has 1 saturated heterocycles. The molecule has 13 heavy (non-hydrogen) atoms. The quantitative estimate of drug-likeness (QED) is 0.644. The molecule has 2 unspecified atom stereocenters. The molecule has 0 spiro atoms. The second-order valence-electron chi connectivity index (χ2n) is 4.12. The van der Waals surface area contributed by atoms with Crippen LogP contribution in [0.15, 0.2) is 0 Å². The highest BCUT2D eigenvalue weighted by atomic mass is 16.5. The van der Waals surface area contributed by atoms with E-state index in [1.165, 1.54) is 13.1 Å². The van der Waals surface area contributed by atoms with Crippen molar-refractivity contribution in [3.63, 3.8) is 0 Å². The number of ether oxygens (including phenoxy) is 1. The largest absolute Gasteiger partial charge is 0.383 e. The molecule has 1 aliphatic rings. The number of rotatable bonds is 3. The van der Waals surface area contributed by atoms with Crippen molar-refractivity contribution in [2.75, 3.05) is 40.4 Å². The van der Waals surface area contributed by atoms with Crippen molar-refractivity contribution in [2.45, 2.75) is 25.9 Å². The number of hydrogen-bond donors (Lipinski definition) is 0. The lowest BCUT2D eigenvalue weighted by molar-refractivity contribution is 0.0436. The Morgan fingerprint density at radius 1 is 1.23 bits per heavy atom. The van der Waals surface area contributed by atoms with Gasteiger partial charge in [0.2, 0.25) is 0 Å². The normalized spacial score (nSPS) is 32.3. The second kappa shape index (κ2) is 4.94. The van der Waals surface area contributed by atoms with Gasteiger partial charge in [-0.3, -0.25) is 9.80 Å². The lowest BCUT2D eigenvalue weighted by atomic mass is 10.1. The number of piperazine rings is 1. The molecule has 0 aliphatic carbocycles. The van der Waals surface area contributed by atoms with Crippen molar-refractivity contribution in [1.82, 2.24) is 9.80 Å². The molecule has 0 aromatic carbocycles. The van der Waals surface area contributed by atoms with Gasteiger partial charge in [0.25, 0.3) is 0 Å². The summed E-state index contributed by atoms with van der Waals surface area (Å²) in [6.07, 6.45) is 0. The van der Waals surface area contributed by atoms with Crippen LogP contribution < -0.4 is 0 Å². The standard InChI is InChI=1S/C10H22N2O/c1-9-7-12(5-6-13-4)8-10(2)11(9)3/h9-10H,5-8H2,1-4H3. The Hall–Kier alpha value is -0.120. The van der Waals surface area contributed by atoms with Crippen molar-refractivity contribution in [3.05, 3.63) is 0 Å². The fourth-order valence-electron chi connectivity index (χ4n) is 1.92. The first-order valence-corrected chi connectivity index (χ1v) is 5.08. The summed E-state index contributed by atoms with van der Waals surface area (Å²) in [4.78, 5) is 4.93. The zero-order valence-corrected chi connectivity index (χ0v) is 9.29. The summed E-state index contributed by atoms with van der Waals surface area (Å²) >= 11 is 0. The van der Waals surface area contributed by atoms with Crippen LogP contribution in [0.5, 0.6) is 0 Å². The second-order valence-corrected chi connectivity index (χ2v) is 4.12. The van der Waals surface area contributed by atoms with Crippen LogP contribution in [0, 0.1) is 0 Å². The van der Waals surface area contributed by atoms with E-state index in [2.05, 4.69) is 30.7 Å². The number of methoxy groups -OCH3 is 1. The van der Waals surface area contributed by atoms with Gasteiger partial charge in [-0.1, -0.05) is 0 Å². The molecule has 0 radical (unpaired) electrons. The highest BCUT2D eigenvalue weighted by Gasteiger charge is 2.25. The first kappa shape index (κ1) is 11.0. The molecule has 3 heteroatoms. The molecule has 78 valence electrons. The Morgan fingerprint density at radius 3 is 2.23 bits per heavy atom. The lowest BCUT2D eigenvalue weighted by Crippen LogP contribution is -2.55. The third-order valence-corrected chi connectivity index (χ3v) is 3.05. The summed E-state index contributed by atoms with van der Waals surface area (Å²) < 4.78 is 5.09. The van der Waals surface area contributed by atoms with Crippen LogP contribution in [0.1, 0.15) is 13.8 Å². The van der Waals surface area contributed by atoms with Gasteiger partial charge >= 0.3 is 0 Å². The molecule has 2 atom stereocenters. The summed E-state index contributed by atoms with van der Waals surface area (Å²) in [6.45, 7) is 8.83. The minimum absolute atomic E-state index is 0.667. The third kappa shape index (κ3) is 2.93. The SMILES string of the molecule is COCCN1CC(C)N(C)C(C)C1. The van der Waals surface area contributed by atoms with Crippen molar-refractivity contribution >= 4 is 0 Å². The zero-order chi connectivity index (χ0) is 9.84.